The van der Waals surface area contributed by atoms with Crippen LogP contribution in [0.1, 0.15) is 38.4 Å². The second-order valence-electron chi connectivity index (χ2n) is 4.89. The third kappa shape index (κ3) is 2.98. The lowest BCUT2D eigenvalue weighted by Crippen LogP contribution is -2.26. The molecule has 1 heterocycles. The van der Waals surface area contributed by atoms with E-state index in [1.807, 2.05) is 19.2 Å². The van der Waals surface area contributed by atoms with Crippen LogP contribution in [0.5, 0.6) is 0 Å². The van der Waals surface area contributed by atoms with Crippen LogP contribution in [0, 0.1) is 5.92 Å². The first-order valence-corrected chi connectivity index (χ1v) is 7.73. The third-order valence-corrected chi connectivity index (χ3v) is 4.47. The van der Waals surface area contributed by atoms with Crippen molar-refractivity contribution < 1.29 is 0 Å². The van der Waals surface area contributed by atoms with Gasteiger partial charge in [-0.25, -0.2) is 4.98 Å². The SMILES string of the molecule is CCC(CC)C(NC)c1nc2ccccc2cc1Br. The van der Waals surface area contributed by atoms with E-state index >= 15 is 0 Å². The van der Waals surface area contributed by atoms with Gasteiger partial charge >= 0.3 is 0 Å². The fourth-order valence-corrected chi connectivity index (χ4v) is 3.26. The normalized spacial score (nSPS) is 13.1. The average Bonchev–Trinajstić information content (AvgIpc) is 2.44. The summed E-state index contributed by atoms with van der Waals surface area (Å²) >= 11 is 3.68. The molecule has 1 unspecified atom stereocenters. The van der Waals surface area contributed by atoms with Gasteiger partial charge in [0.05, 0.1) is 17.3 Å². The predicted molar refractivity (Wildman–Crippen MR) is 85.3 cm³/mol. The highest BCUT2D eigenvalue weighted by Crippen LogP contribution is 2.32. The standard InChI is InChI=1S/C16H21BrN2/c1-4-11(5-2)15(18-3)16-13(17)10-12-8-6-7-9-14(12)19-16/h6-11,15,18H,4-5H2,1-3H3. The van der Waals surface area contributed by atoms with E-state index < -0.39 is 0 Å². The van der Waals surface area contributed by atoms with Gasteiger partial charge in [0.1, 0.15) is 0 Å². The highest BCUT2D eigenvalue weighted by atomic mass is 79.9. The molecule has 1 atom stereocenters. The Morgan fingerprint density at radius 2 is 1.89 bits per heavy atom. The first-order valence-electron chi connectivity index (χ1n) is 6.93. The molecule has 2 nitrogen and oxygen atoms in total. The number of pyridine rings is 1. The van der Waals surface area contributed by atoms with Crippen molar-refractivity contribution in [3.8, 4) is 0 Å². The Labute approximate surface area is 123 Å². The Bertz CT molecular complexity index is 549. The summed E-state index contributed by atoms with van der Waals surface area (Å²) in [5.41, 5.74) is 2.18. The lowest BCUT2D eigenvalue weighted by Gasteiger charge is -2.25. The average molecular weight is 321 g/mol. The van der Waals surface area contributed by atoms with Crippen LogP contribution in [-0.2, 0) is 0 Å². The minimum absolute atomic E-state index is 0.300. The summed E-state index contributed by atoms with van der Waals surface area (Å²) in [5, 5.41) is 4.61. The number of fused-ring (bicyclic) bond motifs is 1. The zero-order valence-corrected chi connectivity index (χ0v) is 13.4. The topological polar surface area (TPSA) is 24.9 Å². The number of hydrogen-bond donors (Lipinski definition) is 1. The van der Waals surface area contributed by atoms with Crippen molar-refractivity contribution in [2.45, 2.75) is 32.7 Å². The van der Waals surface area contributed by atoms with Crippen molar-refractivity contribution in [1.29, 1.82) is 0 Å². The summed E-state index contributed by atoms with van der Waals surface area (Å²) in [6.45, 7) is 4.49. The fourth-order valence-electron chi connectivity index (χ4n) is 2.68. The van der Waals surface area contributed by atoms with Crippen molar-refractivity contribution >= 4 is 26.8 Å². The number of para-hydroxylation sites is 1. The summed E-state index contributed by atoms with van der Waals surface area (Å²) in [7, 11) is 2.02. The summed E-state index contributed by atoms with van der Waals surface area (Å²) < 4.78 is 1.09. The smallest absolute Gasteiger partial charge is 0.0725 e. The molecule has 19 heavy (non-hydrogen) atoms. The van der Waals surface area contributed by atoms with E-state index in [4.69, 9.17) is 4.98 Å². The highest BCUT2D eigenvalue weighted by Gasteiger charge is 2.22. The molecule has 3 heteroatoms. The first-order chi connectivity index (χ1) is 9.21. The molecule has 0 fully saturated rings. The Kier molecular flexibility index (Phi) is 4.94. The van der Waals surface area contributed by atoms with Gasteiger partial charge in [-0.2, -0.15) is 0 Å². The van der Waals surface area contributed by atoms with E-state index in [-0.39, 0.29) is 0 Å². The molecule has 102 valence electrons. The Hall–Kier alpha value is -0.930. The van der Waals surface area contributed by atoms with Crippen LogP contribution in [-0.4, -0.2) is 12.0 Å². The molecule has 0 saturated heterocycles. The van der Waals surface area contributed by atoms with Gasteiger partial charge in [-0.3, -0.25) is 0 Å². The zero-order valence-electron chi connectivity index (χ0n) is 11.8. The summed E-state index contributed by atoms with van der Waals surface area (Å²) in [6.07, 6.45) is 2.31. The molecular weight excluding hydrogens is 300 g/mol. The van der Waals surface area contributed by atoms with E-state index in [0.29, 0.717) is 12.0 Å². The van der Waals surface area contributed by atoms with Crippen LogP contribution in [0.2, 0.25) is 0 Å². The number of aromatic nitrogens is 1. The molecule has 2 rings (SSSR count). The van der Waals surface area contributed by atoms with Crippen molar-refractivity contribution in [1.82, 2.24) is 10.3 Å². The lowest BCUT2D eigenvalue weighted by atomic mass is 9.91. The number of nitrogens with one attached hydrogen (secondary N) is 1. The Morgan fingerprint density at radius 3 is 2.53 bits per heavy atom. The zero-order chi connectivity index (χ0) is 13.8. The fraction of sp³-hybridized carbons (Fsp3) is 0.438. The van der Waals surface area contributed by atoms with Crippen molar-refractivity contribution in [2.75, 3.05) is 7.05 Å². The van der Waals surface area contributed by atoms with E-state index in [1.54, 1.807) is 0 Å². The van der Waals surface area contributed by atoms with Gasteiger partial charge in [-0.15, -0.1) is 0 Å². The summed E-state index contributed by atoms with van der Waals surface area (Å²) in [5.74, 6) is 0.606. The molecule has 0 radical (unpaired) electrons. The van der Waals surface area contributed by atoms with Gasteiger partial charge in [0.15, 0.2) is 0 Å². The quantitative estimate of drug-likeness (QED) is 0.864. The van der Waals surface area contributed by atoms with Gasteiger partial charge in [0.25, 0.3) is 0 Å². The number of hydrogen-bond acceptors (Lipinski definition) is 2. The minimum atomic E-state index is 0.300. The molecule has 0 spiro atoms. The van der Waals surface area contributed by atoms with Crippen LogP contribution in [0.4, 0.5) is 0 Å². The van der Waals surface area contributed by atoms with Gasteiger partial charge in [-0.1, -0.05) is 44.9 Å². The van der Waals surface area contributed by atoms with E-state index in [2.05, 4.69) is 53.3 Å². The number of nitrogens with zero attached hydrogens (tertiary/aromatic N) is 1. The molecule has 0 aliphatic heterocycles. The van der Waals surface area contributed by atoms with Gasteiger partial charge in [0.2, 0.25) is 0 Å². The predicted octanol–water partition coefficient (Wildman–Crippen LogP) is 4.69. The number of benzene rings is 1. The van der Waals surface area contributed by atoms with Crippen molar-refractivity contribution in [3.05, 3.63) is 40.5 Å². The molecule has 0 saturated carbocycles. The molecule has 0 aliphatic rings. The van der Waals surface area contributed by atoms with Gasteiger partial charge in [-0.05, 0) is 41.0 Å². The van der Waals surface area contributed by atoms with E-state index in [9.17, 15) is 0 Å². The number of halogens is 1. The number of rotatable bonds is 5. The third-order valence-electron chi connectivity index (χ3n) is 3.83. The highest BCUT2D eigenvalue weighted by molar-refractivity contribution is 9.10. The van der Waals surface area contributed by atoms with Gasteiger partial charge in [0, 0.05) is 9.86 Å². The van der Waals surface area contributed by atoms with E-state index in [1.165, 1.54) is 5.39 Å². The van der Waals surface area contributed by atoms with Crippen LogP contribution >= 0.6 is 15.9 Å². The monoisotopic (exact) mass is 320 g/mol. The molecular formula is C16H21BrN2. The van der Waals surface area contributed by atoms with E-state index in [0.717, 1.165) is 28.5 Å². The summed E-state index contributed by atoms with van der Waals surface area (Å²) in [4.78, 5) is 4.85. The largest absolute Gasteiger partial charge is 0.311 e. The van der Waals surface area contributed by atoms with Crippen molar-refractivity contribution in [3.63, 3.8) is 0 Å². The summed E-state index contributed by atoms with van der Waals surface area (Å²) in [6, 6.07) is 10.7. The van der Waals surface area contributed by atoms with Crippen LogP contribution in [0.3, 0.4) is 0 Å². The maximum Gasteiger partial charge on any atom is 0.0725 e. The molecule has 0 aliphatic carbocycles. The Balaban J connectivity index is 2.50. The molecule has 2 aromatic rings. The van der Waals surface area contributed by atoms with Crippen molar-refractivity contribution in [2.24, 2.45) is 5.92 Å². The molecule has 1 aromatic carbocycles. The second kappa shape index (κ2) is 6.49. The maximum atomic E-state index is 4.85. The minimum Gasteiger partial charge on any atom is -0.311 e. The van der Waals surface area contributed by atoms with Crippen LogP contribution in [0.15, 0.2) is 34.8 Å². The maximum absolute atomic E-state index is 4.85. The van der Waals surface area contributed by atoms with Crippen LogP contribution < -0.4 is 5.32 Å². The van der Waals surface area contributed by atoms with Gasteiger partial charge < -0.3 is 5.32 Å². The lowest BCUT2D eigenvalue weighted by molar-refractivity contribution is 0.353. The van der Waals surface area contributed by atoms with Crippen LogP contribution in [0.25, 0.3) is 10.9 Å². The molecule has 0 amide bonds. The molecule has 0 bridgehead atoms. The molecule has 1 N–H and O–H groups in total. The first kappa shape index (κ1) is 14.5. The second-order valence-corrected chi connectivity index (χ2v) is 5.75. The Morgan fingerprint density at radius 1 is 1.21 bits per heavy atom. The molecule has 1 aromatic heterocycles.